The topological polar surface area (TPSA) is 94.7 Å². The van der Waals surface area contributed by atoms with Crippen molar-refractivity contribution < 1.29 is 26.6 Å². The molecule has 0 saturated heterocycles. The van der Waals surface area contributed by atoms with Gasteiger partial charge in [0.1, 0.15) is 17.9 Å². The monoisotopic (exact) mass is 417 g/mol. The zero-order chi connectivity index (χ0) is 20.9. The van der Waals surface area contributed by atoms with Crippen LogP contribution in [-0.2, 0) is 25.5 Å². The fourth-order valence-corrected chi connectivity index (χ4v) is 3.48. The summed E-state index contributed by atoms with van der Waals surface area (Å²) in [5.74, 6) is -0.0291. The number of aryl methyl sites for hydroxylation is 1. The lowest BCUT2D eigenvalue weighted by Gasteiger charge is -2.36. The van der Waals surface area contributed by atoms with Crippen LogP contribution in [0.1, 0.15) is 43.2 Å². The van der Waals surface area contributed by atoms with Crippen LogP contribution in [0, 0.1) is 0 Å². The molecule has 0 unspecified atom stereocenters. The van der Waals surface area contributed by atoms with Crippen molar-refractivity contribution in [3.05, 3.63) is 30.1 Å². The predicted octanol–water partition coefficient (Wildman–Crippen LogP) is 3.65. The smallest absolute Gasteiger partial charge is 0.344 e. The summed E-state index contributed by atoms with van der Waals surface area (Å²) in [5, 5.41) is -0.0317. The highest BCUT2D eigenvalue weighted by molar-refractivity contribution is 7.85. The van der Waals surface area contributed by atoms with Crippen LogP contribution in [-0.4, -0.2) is 47.2 Å². The van der Waals surface area contributed by atoms with Gasteiger partial charge < -0.3 is 14.1 Å². The van der Waals surface area contributed by atoms with Crippen molar-refractivity contribution in [1.29, 1.82) is 0 Å². The highest BCUT2D eigenvalue weighted by atomic mass is 32.2. The lowest BCUT2D eigenvalue weighted by atomic mass is 10.1. The summed E-state index contributed by atoms with van der Waals surface area (Å²) in [5.41, 5.74) is 0.982. The first-order chi connectivity index (χ1) is 12.3. The van der Waals surface area contributed by atoms with Crippen LogP contribution in [0.2, 0.25) is 18.1 Å². The predicted molar refractivity (Wildman–Crippen MR) is 108 cm³/mol. The van der Waals surface area contributed by atoms with Gasteiger partial charge in [0, 0.05) is 11.9 Å². The molecule has 0 amide bonds. The largest absolute Gasteiger partial charge is 0.542 e. The maximum absolute atomic E-state index is 12.6. The van der Waals surface area contributed by atoms with Crippen molar-refractivity contribution in [3.8, 4) is 5.75 Å². The van der Waals surface area contributed by atoms with Crippen LogP contribution < -0.4 is 4.43 Å². The van der Waals surface area contributed by atoms with Gasteiger partial charge >= 0.3 is 5.97 Å². The minimum Gasteiger partial charge on any atom is -0.542 e. The number of nitrogens with one attached hydrogen (secondary N) is 1. The maximum Gasteiger partial charge on any atom is 0.344 e. The summed E-state index contributed by atoms with van der Waals surface area (Å²) >= 11 is 0. The molecule has 0 atom stereocenters. The fourth-order valence-electron chi connectivity index (χ4n) is 2.04. The van der Waals surface area contributed by atoms with Crippen LogP contribution in [0.4, 0.5) is 0 Å². The molecule has 1 aromatic heterocycles. The molecule has 0 aliphatic rings. The minimum absolute atomic E-state index is 0.0317. The number of hydrogen-bond donors (Lipinski definition) is 1. The first-order valence-electron chi connectivity index (χ1n) is 8.80. The zero-order valence-electron chi connectivity index (χ0n) is 17.0. The van der Waals surface area contributed by atoms with E-state index in [1.165, 1.54) is 6.08 Å². The number of esters is 1. The minimum atomic E-state index is -3.48. The Morgan fingerprint density at radius 3 is 2.48 bits per heavy atom. The number of ether oxygens (including phenoxy) is 1. The van der Waals surface area contributed by atoms with E-state index >= 15 is 0 Å². The van der Waals surface area contributed by atoms with Crippen LogP contribution in [0.25, 0.3) is 0 Å². The van der Waals surface area contributed by atoms with Gasteiger partial charge in [-0.1, -0.05) is 33.4 Å². The Labute approximate surface area is 163 Å². The van der Waals surface area contributed by atoms with Crippen LogP contribution in [0.15, 0.2) is 18.9 Å². The Balaban J connectivity index is 3.04. The van der Waals surface area contributed by atoms with Gasteiger partial charge in [-0.25, -0.2) is 4.79 Å². The van der Waals surface area contributed by atoms with Crippen molar-refractivity contribution >= 4 is 24.4 Å². The fraction of sp³-hybridized carbons (Fsp3) is 0.611. The second kappa shape index (κ2) is 9.07. The highest BCUT2D eigenvalue weighted by Crippen LogP contribution is 2.39. The molecule has 7 nitrogen and oxygen atoms in total. The molecule has 9 heteroatoms. The molecular formula is C18H31NO6SSi. The van der Waals surface area contributed by atoms with Crippen LogP contribution in [0.5, 0.6) is 5.75 Å². The quantitative estimate of drug-likeness (QED) is 0.205. The molecular weight excluding hydrogens is 386 g/mol. The number of rotatable bonds is 10. The summed E-state index contributed by atoms with van der Waals surface area (Å²) in [7, 11) is -5.64. The summed E-state index contributed by atoms with van der Waals surface area (Å²) in [6.45, 7) is 14.2. The van der Waals surface area contributed by atoms with Crippen molar-refractivity contribution in [2.45, 2.75) is 51.7 Å². The maximum atomic E-state index is 12.6. The van der Waals surface area contributed by atoms with Crippen LogP contribution in [0.3, 0.4) is 0 Å². The lowest BCUT2D eigenvalue weighted by molar-refractivity contribution is 0.0546. The van der Waals surface area contributed by atoms with E-state index in [0.29, 0.717) is 29.8 Å². The second-order valence-corrected chi connectivity index (χ2v) is 14.3. The molecule has 0 fully saturated rings. The van der Waals surface area contributed by atoms with Crippen molar-refractivity contribution in [2.24, 2.45) is 0 Å². The lowest BCUT2D eigenvalue weighted by Crippen LogP contribution is -2.44. The Hall–Kier alpha value is -1.58. The number of aromatic amines is 1. The van der Waals surface area contributed by atoms with E-state index in [2.05, 4.69) is 45.4 Å². The van der Waals surface area contributed by atoms with E-state index in [9.17, 15) is 13.2 Å². The number of H-pyrrole nitrogens is 1. The van der Waals surface area contributed by atoms with Crippen molar-refractivity contribution in [2.75, 3.05) is 19.5 Å². The van der Waals surface area contributed by atoms with Crippen molar-refractivity contribution in [3.63, 3.8) is 0 Å². The van der Waals surface area contributed by atoms with E-state index in [-0.39, 0.29) is 18.3 Å². The standard InChI is InChI=1S/C18H31NO6SSi/c1-8-11-23-17(20)16-14(10-9-12-24-26(5,21)22)19-13-15(16)25-27(6,7)18(2,3)4/h8,13,19H,1,9-12H2,2-7H3. The first-order valence-corrected chi connectivity index (χ1v) is 13.5. The normalized spacial score (nSPS) is 12.7. The molecule has 1 heterocycles. The molecule has 1 rings (SSSR count). The third-order valence-electron chi connectivity index (χ3n) is 4.50. The van der Waals surface area contributed by atoms with Gasteiger partial charge in [0.15, 0.2) is 0 Å². The molecule has 154 valence electrons. The van der Waals surface area contributed by atoms with E-state index < -0.39 is 24.4 Å². The Bertz CT molecular complexity index is 761. The third-order valence-corrected chi connectivity index (χ3v) is 9.44. The Morgan fingerprint density at radius 2 is 1.96 bits per heavy atom. The number of hydrogen-bond acceptors (Lipinski definition) is 6. The molecule has 0 aliphatic heterocycles. The highest BCUT2D eigenvalue weighted by Gasteiger charge is 2.40. The summed E-state index contributed by atoms with van der Waals surface area (Å²) < 4.78 is 38.4. The molecule has 0 radical (unpaired) electrons. The summed E-state index contributed by atoms with van der Waals surface area (Å²) in [6, 6.07) is 0. The molecule has 27 heavy (non-hydrogen) atoms. The van der Waals surface area contributed by atoms with Gasteiger partial charge in [0.25, 0.3) is 18.4 Å². The second-order valence-electron chi connectivity index (χ2n) is 7.89. The summed E-state index contributed by atoms with van der Waals surface area (Å²) in [6.07, 6.45) is 5.02. The molecule has 1 aromatic rings. The van der Waals surface area contributed by atoms with E-state index in [0.717, 1.165) is 6.26 Å². The molecule has 0 spiro atoms. The van der Waals surface area contributed by atoms with E-state index in [4.69, 9.17) is 13.3 Å². The average molecular weight is 418 g/mol. The van der Waals surface area contributed by atoms with Gasteiger partial charge in [-0.3, -0.25) is 4.18 Å². The van der Waals surface area contributed by atoms with Gasteiger partial charge in [-0.05, 0) is 31.0 Å². The van der Waals surface area contributed by atoms with Crippen LogP contribution >= 0.6 is 0 Å². The van der Waals surface area contributed by atoms with E-state index in [1.54, 1.807) is 6.20 Å². The average Bonchev–Trinajstić information content (AvgIpc) is 2.89. The van der Waals surface area contributed by atoms with Gasteiger partial charge in [0.05, 0.1) is 12.9 Å². The number of carbonyl (C=O) groups is 1. The molecule has 0 aliphatic carbocycles. The Kier molecular flexibility index (Phi) is 7.88. The summed E-state index contributed by atoms with van der Waals surface area (Å²) in [4.78, 5) is 15.6. The van der Waals surface area contributed by atoms with Crippen molar-refractivity contribution in [1.82, 2.24) is 4.98 Å². The molecule has 1 N–H and O–H groups in total. The Morgan fingerprint density at radius 1 is 1.33 bits per heavy atom. The van der Waals surface area contributed by atoms with Gasteiger partial charge in [-0.15, -0.1) is 0 Å². The number of aromatic nitrogens is 1. The number of carbonyl (C=O) groups excluding carboxylic acids is 1. The molecule has 0 aromatic carbocycles. The van der Waals surface area contributed by atoms with E-state index in [1.807, 2.05) is 0 Å². The third kappa shape index (κ3) is 7.15. The molecule has 0 bridgehead atoms. The zero-order valence-corrected chi connectivity index (χ0v) is 18.9. The first kappa shape index (κ1) is 23.5. The van der Waals surface area contributed by atoms with Gasteiger partial charge in [-0.2, -0.15) is 8.42 Å². The van der Waals surface area contributed by atoms with Gasteiger partial charge in [0.2, 0.25) is 0 Å². The molecule has 0 saturated carbocycles. The SMILES string of the molecule is C=CCOC(=O)c1c(O[Si](C)(C)C(C)(C)C)c[nH]c1CCCOS(C)(=O)=O.